The summed E-state index contributed by atoms with van der Waals surface area (Å²) >= 11 is 0. The molecule has 0 radical (unpaired) electrons. The number of amides is 1. The van der Waals surface area contributed by atoms with Crippen molar-refractivity contribution in [2.75, 3.05) is 0 Å². The minimum absolute atomic E-state index is 0.0474. The fourth-order valence-corrected chi connectivity index (χ4v) is 2.76. The summed E-state index contributed by atoms with van der Waals surface area (Å²) in [7, 11) is 0. The van der Waals surface area contributed by atoms with Crippen LogP contribution in [0.1, 0.15) is 36.2 Å². The van der Waals surface area contributed by atoms with Crippen LogP contribution in [0, 0.1) is 11.3 Å². The van der Waals surface area contributed by atoms with Gasteiger partial charge in [-0.3, -0.25) is 4.79 Å². The standard InChI is InChI=1S/C18H17N3O2/c1-12-8-16(15-4-2-3-5-17(15)23-12)21-18(22)9-13-6-7-14(10-19)20-11-13/h2-7,11-12,16H,8-9H2,1H3,(H,21,22)/t12-,16-/m1/s1. The lowest BCUT2D eigenvalue weighted by Gasteiger charge is -2.31. The minimum Gasteiger partial charge on any atom is -0.490 e. The number of ether oxygens (including phenoxy) is 1. The van der Waals surface area contributed by atoms with Crippen LogP contribution in [0.2, 0.25) is 0 Å². The largest absolute Gasteiger partial charge is 0.490 e. The Kier molecular flexibility index (Phi) is 4.24. The van der Waals surface area contributed by atoms with E-state index in [0.717, 1.165) is 23.3 Å². The molecule has 5 nitrogen and oxygen atoms in total. The van der Waals surface area contributed by atoms with Crippen LogP contribution >= 0.6 is 0 Å². The average Bonchev–Trinajstić information content (AvgIpc) is 2.55. The molecule has 2 atom stereocenters. The molecule has 1 aromatic heterocycles. The molecule has 116 valence electrons. The minimum atomic E-state index is -0.0644. The molecule has 23 heavy (non-hydrogen) atoms. The fraction of sp³-hybridized carbons (Fsp3) is 0.278. The molecular formula is C18H17N3O2. The summed E-state index contributed by atoms with van der Waals surface area (Å²) in [6.45, 7) is 2.00. The van der Waals surface area contributed by atoms with Crippen molar-refractivity contribution in [1.82, 2.24) is 10.3 Å². The van der Waals surface area contributed by atoms with E-state index in [2.05, 4.69) is 10.3 Å². The third kappa shape index (κ3) is 3.49. The summed E-state index contributed by atoms with van der Waals surface area (Å²) in [5.74, 6) is 0.766. The zero-order chi connectivity index (χ0) is 16.2. The second-order valence-corrected chi connectivity index (χ2v) is 5.66. The Balaban J connectivity index is 1.69. The number of rotatable bonds is 3. The lowest BCUT2D eigenvalue weighted by molar-refractivity contribution is -0.121. The van der Waals surface area contributed by atoms with Crippen molar-refractivity contribution in [3.63, 3.8) is 0 Å². The Morgan fingerprint density at radius 2 is 2.22 bits per heavy atom. The van der Waals surface area contributed by atoms with Crippen molar-refractivity contribution < 1.29 is 9.53 Å². The third-order valence-corrected chi connectivity index (χ3v) is 3.83. The number of carbonyl (C=O) groups is 1. The van der Waals surface area contributed by atoms with Crippen LogP contribution in [0.25, 0.3) is 0 Å². The number of nitrogens with one attached hydrogen (secondary N) is 1. The Morgan fingerprint density at radius 1 is 1.39 bits per heavy atom. The lowest BCUT2D eigenvalue weighted by Crippen LogP contribution is -2.35. The van der Waals surface area contributed by atoms with Crippen LogP contribution in [0.3, 0.4) is 0 Å². The van der Waals surface area contributed by atoms with Crippen molar-refractivity contribution in [2.24, 2.45) is 0 Å². The zero-order valence-corrected chi connectivity index (χ0v) is 12.8. The highest BCUT2D eigenvalue weighted by Gasteiger charge is 2.26. The SMILES string of the molecule is C[C@@H]1C[C@@H](NC(=O)Cc2ccc(C#N)nc2)c2ccccc2O1. The summed E-state index contributed by atoms with van der Waals surface area (Å²) in [5.41, 5.74) is 2.15. The first-order valence-corrected chi connectivity index (χ1v) is 7.55. The molecule has 0 saturated heterocycles. The summed E-state index contributed by atoms with van der Waals surface area (Å²) in [5, 5.41) is 11.8. The van der Waals surface area contributed by atoms with E-state index in [4.69, 9.17) is 10.00 Å². The van der Waals surface area contributed by atoms with Crippen LogP contribution in [0.15, 0.2) is 42.6 Å². The number of pyridine rings is 1. The number of nitriles is 1. The van der Waals surface area contributed by atoms with Gasteiger partial charge in [0, 0.05) is 18.2 Å². The summed E-state index contributed by atoms with van der Waals surface area (Å²) in [6, 6.07) is 13.1. The van der Waals surface area contributed by atoms with E-state index in [1.54, 1.807) is 18.3 Å². The topological polar surface area (TPSA) is 75.0 Å². The van der Waals surface area contributed by atoms with Crippen molar-refractivity contribution in [2.45, 2.75) is 31.9 Å². The lowest BCUT2D eigenvalue weighted by atomic mass is 9.97. The molecule has 5 heteroatoms. The zero-order valence-electron chi connectivity index (χ0n) is 12.8. The Morgan fingerprint density at radius 3 is 2.96 bits per heavy atom. The maximum absolute atomic E-state index is 12.3. The van der Waals surface area contributed by atoms with E-state index in [1.165, 1.54) is 0 Å². The van der Waals surface area contributed by atoms with Crippen LogP contribution in [0.5, 0.6) is 5.75 Å². The van der Waals surface area contributed by atoms with Gasteiger partial charge in [-0.15, -0.1) is 0 Å². The van der Waals surface area contributed by atoms with Gasteiger partial charge in [-0.2, -0.15) is 5.26 Å². The number of hydrogen-bond donors (Lipinski definition) is 1. The predicted octanol–water partition coefficient (Wildman–Crippen LogP) is 2.52. The number of nitrogens with zero attached hydrogens (tertiary/aromatic N) is 2. The number of para-hydroxylation sites is 1. The van der Waals surface area contributed by atoms with Gasteiger partial charge in [-0.25, -0.2) is 4.98 Å². The summed E-state index contributed by atoms with van der Waals surface area (Å²) < 4.78 is 5.80. The van der Waals surface area contributed by atoms with Gasteiger partial charge < -0.3 is 10.1 Å². The molecule has 0 unspecified atom stereocenters. The van der Waals surface area contributed by atoms with Crippen LogP contribution in [-0.4, -0.2) is 17.0 Å². The first-order valence-electron chi connectivity index (χ1n) is 7.55. The molecule has 0 aliphatic carbocycles. The summed E-state index contributed by atoms with van der Waals surface area (Å²) in [4.78, 5) is 16.3. The molecule has 1 aliphatic heterocycles. The van der Waals surface area contributed by atoms with Crippen LogP contribution < -0.4 is 10.1 Å². The second-order valence-electron chi connectivity index (χ2n) is 5.66. The molecule has 0 spiro atoms. The maximum Gasteiger partial charge on any atom is 0.224 e. The van der Waals surface area contributed by atoms with E-state index >= 15 is 0 Å². The van der Waals surface area contributed by atoms with E-state index in [1.807, 2.05) is 37.3 Å². The van der Waals surface area contributed by atoms with Crippen molar-refractivity contribution in [3.05, 3.63) is 59.4 Å². The molecule has 1 aromatic carbocycles. The van der Waals surface area contributed by atoms with Gasteiger partial charge in [0.2, 0.25) is 5.91 Å². The monoisotopic (exact) mass is 307 g/mol. The van der Waals surface area contributed by atoms with Crippen molar-refractivity contribution >= 4 is 5.91 Å². The van der Waals surface area contributed by atoms with E-state index in [9.17, 15) is 4.79 Å². The number of carbonyl (C=O) groups excluding carboxylic acids is 1. The van der Waals surface area contributed by atoms with E-state index < -0.39 is 0 Å². The van der Waals surface area contributed by atoms with Gasteiger partial charge in [0.1, 0.15) is 17.5 Å². The van der Waals surface area contributed by atoms with Crippen LogP contribution in [-0.2, 0) is 11.2 Å². The number of hydrogen-bond acceptors (Lipinski definition) is 4. The first kappa shape index (κ1) is 15.0. The Hall–Kier alpha value is -2.87. The highest BCUT2D eigenvalue weighted by Crippen LogP contribution is 2.34. The van der Waals surface area contributed by atoms with E-state index in [0.29, 0.717) is 5.69 Å². The van der Waals surface area contributed by atoms with Gasteiger partial charge >= 0.3 is 0 Å². The molecule has 3 rings (SSSR count). The number of fused-ring (bicyclic) bond motifs is 1. The Labute approximate surface area is 134 Å². The van der Waals surface area contributed by atoms with Crippen molar-refractivity contribution in [1.29, 1.82) is 5.26 Å². The van der Waals surface area contributed by atoms with Crippen LogP contribution in [0.4, 0.5) is 0 Å². The molecule has 0 bridgehead atoms. The molecule has 0 saturated carbocycles. The molecule has 2 aromatic rings. The summed E-state index contributed by atoms with van der Waals surface area (Å²) in [6.07, 6.45) is 2.62. The van der Waals surface area contributed by atoms with Gasteiger partial charge in [0.15, 0.2) is 0 Å². The molecule has 1 aliphatic rings. The molecular weight excluding hydrogens is 290 g/mol. The van der Waals surface area contributed by atoms with Gasteiger partial charge in [-0.05, 0) is 24.6 Å². The first-order chi connectivity index (χ1) is 11.2. The molecule has 1 N–H and O–H groups in total. The van der Waals surface area contributed by atoms with Crippen molar-refractivity contribution in [3.8, 4) is 11.8 Å². The third-order valence-electron chi connectivity index (χ3n) is 3.83. The van der Waals surface area contributed by atoms with Gasteiger partial charge in [-0.1, -0.05) is 24.3 Å². The maximum atomic E-state index is 12.3. The highest BCUT2D eigenvalue weighted by molar-refractivity contribution is 5.79. The second kappa shape index (κ2) is 6.49. The highest BCUT2D eigenvalue weighted by atomic mass is 16.5. The van der Waals surface area contributed by atoms with Gasteiger partial charge in [0.25, 0.3) is 0 Å². The normalized spacial score (nSPS) is 19.1. The smallest absolute Gasteiger partial charge is 0.224 e. The van der Waals surface area contributed by atoms with E-state index in [-0.39, 0.29) is 24.5 Å². The molecule has 2 heterocycles. The number of benzene rings is 1. The molecule has 0 fully saturated rings. The van der Waals surface area contributed by atoms with Gasteiger partial charge in [0.05, 0.1) is 18.6 Å². The predicted molar refractivity (Wildman–Crippen MR) is 84.7 cm³/mol. The Bertz CT molecular complexity index is 750. The number of aromatic nitrogens is 1. The quantitative estimate of drug-likeness (QED) is 0.945. The molecule has 1 amide bonds. The average molecular weight is 307 g/mol. The fourth-order valence-electron chi connectivity index (χ4n) is 2.76.